The number of benzene rings is 2. The summed E-state index contributed by atoms with van der Waals surface area (Å²) < 4.78 is 10.8. The molecule has 0 bridgehead atoms. The Morgan fingerprint density at radius 1 is 0.857 bits per heavy atom. The molecule has 0 amide bonds. The molecule has 0 radical (unpaired) electrons. The Morgan fingerprint density at radius 3 is 2.31 bits per heavy atom. The van der Waals surface area contributed by atoms with Crippen LogP contribution in [0.3, 0.4) is 0 Å². The zero-order valence-electron chi connectivity index (χ0n) is 20.2. The van der Waals surface area contributed by atoms with Crippen molar-refractivity contribution in [3.05, 3.63) is 90.5 Å². The van der Waals surface area contributed by atoms with E-state index >= 15 is 0 Å². The number of likely N-dealkylation sites (tertiary alicyclic amines) is 1. The first-order valence-electron chi connectivity index (χ1n) is 12.0. The van der Waals surface area contributed by atoms with Gasteiger partial charge in [-0.1, -0.05) is 24.3 Å². The molecule has 1 saturated heterocycles. The Hall–Kier alpha value is -3.77. The summed E-state index contributed by atoms with van der Waals surface area (Å²) >= 11 is 0. The summed E-state index contributed by atoms with van der Waals surface area (Å²) in [4.78, 5) is 16.5. The van der Waals surface area contributed by atoms with Gasteiger partial charge in [0.1, 0.15) is 11.5 Å². The Bertz CT molecular complexity index is 1250. The summed E-state index contributed by atoms with van der Waals surface area (Å²) in [5.41, 5.74) is 5.57. The molecule has 6 nitrogen and oxygen atoms in total. The zero-order valence-corrected chi connectivity index (χ0v) is 20.2. The molecule has 178 valence electrons. The number of methoxy groups -OCH3 is 2. The SMILES string of the molecule is COc1ccc(CN2CCC(c3nc(-c4ccncc4)ncc3-c3cccc(OC)c3)CC2)cc1. The highest BCUT2D eigenvalue weighted by atomic mass is 16.5. The minimum Gasteiger partial charge on any atom is -0.497 e. The Balaban J connectivity index is 1.40. The van der Waals surface area contributed by atoms with Gasteiger partial charge in [-0.2, -0.15) is 0 Å². The molecule has 0 saturated carbocycles. The number of aromatic nitrogens is 3. The summed E-state index contributed by atoms with van der Waals surface area (Å²) in [5, 5.41) is 0. The molecule has 1 fully saturated rings. The van der Waals surface area contributed by atoms with Crippen LogP contribution in [-0.2, 0) is 6.54 Å². The van der Waals surface area contributed by atoms with E-state index in [1.807, 2.05) is 42.6 Å². The van der Waals surface area contributed by atoms with Crippen LogP contribution in [0.5, 0.6) is 11.5 Å². The van der Waals surface area contributed by atoms with Crippen molar-refractivity contribution in [2.24, 2.45) is 0 Å². The standard InChI is InChI=1S/C29H30N4O2/c1-34-25-8-6-21(7-9-25)20-33-16-12-22(13-17-33)28-27(24-4-3-5-26(18-24)35-2)19-31-29(32-28)23-10-14-30-15-11-23/h3-11,14-15,18-19,22H,12-13,16-17,20H2,1-2H3. The van der Waals surface area contributed by atoms with Gasteiger partial charge < -0.3 is 9.47 Å². The molecule has 6 heteroatoms. The second-order valence-corrected chi connectivity index (χ2v) is 8.86. The molecule has 1 aliphatic heterocycles. The maximum absolute atomic E-state index is 5.48. The van der Waals surface area contributed by atoms with Gasteiger partial charge >= 0.3 is 0 Å². The van der Waals surface area contributed by atoms with E-state index in [1.54, 1.807) is 26.6 Å². The number of pyridine rings is 1. The van der Waals surface area contributed by atoms with E-state index in [0.717, 1.165) is 72.2 Å². The molecule has 5 rings (SSSR count). The molecule has 0 spiro atoms. The van der Waals surface area contributed by atoms with Gasteiger partial charge in [0.2, 0.25) is 0 Å². The highest BCUT2D eigenvalue weighted by Crippen LogP contribution is 2.36. The average Bonchev–Trinajstić information content (AvgIpc) is 2.94. The monoisotopic (exact) mass is 466 g/mol. The van der Waals surface area contributed by atoms with Gasteiger partial charge in [-0.25, -0.2) is 9.97 Å². The summed E-state index contributed by atoms with van der Waals surface area (Å²) in [5.74, 6) is 2.84. The largest absolute Gasteiger partial charge is 0.497 e. The second-order valence-electron chi connectivity index (χ2n) is 8.86. The lowest BCUT2D eigenvalue weighted by molar-refractivity contribution is 0.203. The number of nitrogens with zero attached hydrogens (tertiary/aromatic N) is 4. The van der Waals surface area contributed by atoms with Crippen molar-refractivity contribution < 1.29 is 9.47 Å². The third-order valence-electron chi connectivity index (χ3n) is 6.68. The van der Waals surface area contributed by atoms with Crippen LogP contribution in [0, 0.1) is 0 Å². The maximum Gasteiger partial charge on any atom is 0.159 e. The van der Waals surface area contributed by atoms with Gasteiger partial charge in [-0.3, -0.25) is 9.88 Å². The lowest BCUT2D eigenvalue weighted by Crippen LogP contribution is -2.33. The van der Waals surface area contributed by atoms with Crippen molar-refractivity contribution in [1.29, 1.82) is 0 Å². The fourth-order valence-electron chi connectivity index (χ4n) is 4.71. The van der Waals surface area contributed by atoms with E-state index in [1.165, 1.54) is 5.56 Å². The van der Waals surface area contributed by atoms with Crippen molar-refractivity contribution in [2.45, 2.75) is 25.3 Å². The molecule has 2 aromatic heterocycles. The van der Waals surface area contributed by atoms with Crippen molar-refractivity contribution >= 4 is 0 Å². The molecule has 0 aliphatic carbocycles. The Labute approximate surface area is 206 Å². The molecule has 1 aliphatic rings. The van der Waals surface area contributed by atoms with Crippen molar-refractivity contribution in [3.63, 3.8) is 0 Å². The number of piperidine rings is 1. The Kier molecular flexibility index (Phi) is 7.00. The summed E-state index contributed by atoms with van der Waals surface area (Å²) in [6.45, 7) is 3.01. The zero-order chi connectivity index (χ0) is 24.0. The molecule has 3 heterocycles. The highest BCUT2D eigenvalue weighted by molar-refractivity contribution is 5.69. The molecular formula is C29H30N4O2. The van der Waals surface area contributed by atoms with Crippen LogP contribution in [-0.4, -0.2) is 47.2 Å². The first kappa shape index (κ1) is 23.0. The van der Waals surface area contributed by atoms with Crippen LogP contribution in [0.15, 0.2) is 79.3 Å². The quantitative estimate of drug-likeness (QED) is 0.353. The van der Waals surface area contributed by atoms with Crippen LogP contribution in [0.4, 0.5) is 0 Å². The van der Waals surface area contributed by atoms with Crippen molar-refractivity contribution in [1.82, 2.24) is 19.9 Å². The molecule has 0 unspecified atom stereocenters. The topological polar surface area (TPSA) is 60.4 Å². The van der Waals surface area contributed by atoms with E-state index in [0.29, 0.717) is 5.92 Å². The van der Waals surface area contributed by atoms with E-state index in [4.69, 9.17) is 19.4 Å². The number of hydrogen-bond donors (Lipinski definition) is 0. The van der Waals surface area contributed by atoms with Gasteiger partial charge in [0.15, 0.2) is 5.82 Å². The molecule has 4 aromatic rings. The number of rotatable bonds is 7. The van der Waals surface area contributed by atoms with E-state index in [-0.39, 0.29) is 0 Å². The predicted octanol–water partition coefficient (Wildman–Crippen LogP) is 5.60. The highest BCUT2D eigenvalue weighted by Gasteiger charge is 2.25. The smallest absolute Gasteiger partial charge is 0.159 e. The fourth-order valence-corrected chi connectivity index (χ4v) is 4.71. The average molecular weight is 467 g/mol. The van der Waals surface area contributed by atoms with Gasteiger partial charge in [0.25, 0.3) is 0 Å². The summed E-state index contributed by atoms with van der Waals surface area (Å²) in [6.07, 6.45) is 7.65. The van der Waals surface area contributed by atoms with Crippen LogP contribution < -0.4 is 9.47 Å². The molecule has 0 atom stereocenters. The molecule has 2 aromatic carbocycles. The third kappa shape index (κ3) is 5.33. The van der Waals surface area contributed by atoms with Crippen LogP contribution >= 0.6 is 0 Å². The molecular weight excluding hydrogens is 436 g/mol. The lowest BCUT2D eigenvalue weighted by Gasteiger charge is -2.32. The first-order chi connectivity index (χ1) is 17.2. The Morgan fingerprint density at radius 2 is 1.60 bits per heavy atom. The first-order valence-corrected chi connectivity index (χ1v) is 12.0. The predicted molar refractivity (Wildman–Crippen MR) is 137 cm³/mol. The third-order valence-corrected chi connectivity index (χ3v) is 6.68. The van der Waals surface area contributed by atoms with Crippen LogP contribution in [0.2, 0.25) is 0 Å². The van der Waals surface area contributed by atoms with Crippen LogP contribution in [0.1, 0.15) is 30.0 Å². The minimum atomic E-state index is 0.368. The number of hydrogen-bond acceptors (Lipinski definition) is 6. The molecule has 35 heavy (non-hydrogen) atoms. The van der Waals surface area contributed by atoms with E-state index in [2.05, 4.69) is 34.1 Å². The van der Waals surface area contributed by atoms with Crippen molar-refractivity contribution in [2.75, 3.05) is 27.3 Å². The van der Waals surface area contributed by atoms with Crippen molar-refractivity contribution in [3.8, 4) is 34.0 Å². The fraction of sp³-hybridized carbons (Fsp3) is 0.276. The van der Waals surface area contributed by atoms with E-state index in [9.17, 15) is 0 Å². The second kappa shape index (κ2) is 10.7. The summed E-state index contributed by atoms with van der Waals surface area (Å²) in [7, 11) is 3.40. The lowest BCUT2D eigenvalue weighted by atomic mass is 9.88. The van der Waals surface area contributed by atoms with Gasteiger partial charge in [0.05, 0.1) is 19.9 Å². The summed E-state index contributed by atoms with van der Waals surface area (Å²) in [6, 6.07) is 20.4. The maximum atomic E-state index is 5.48. The molecule has 0 N–H and O–H groups in total. The van der Waals surface area contributed by atoms with Crippen LogP contribution in [0.25, 0.3) is 22.5 Å². The normalized spacial score (nSPS) is 14.6. The van der Waals surface area contributed by atoms with Gasteiger partial charge in [-0.15, -0.1) is 0 Å². The van der Waals surface area contributed by atoms with Gasteiger partial charge in [-0.05, 0) is 73.5 Å². The number of ether oxygens (including phenoxy) is 2. The van der Waals surface area contributed by atoms with Gasteiger partial charge in [0, 0.05) is 42.2 Å². The minimum absolute atomic E-state index is 0.368. The van der Waals surface area contributed by atoms with E-state index < -0.39 is 0 Å².